The lowest BCUT2D eigenvalue weighted by Gasteiger charge is -2.16. The molecule has 2 aliphatic rings. The zero-order valence-electron chi connectivity index (χ0n) is 20.8. The van der Waals surface area contributed by atoms with Crippen LogP contribution >= 0.6 is 0 Å². The highest BCUT2D eigenvalue weighted by Gasteiger charge is 2.37. The van der Waals surface area contributed by atoms with Crippen molar-refractivity contribution in [3.05, 3.63) is 82.5 Å². The Balaban J connectivity index is 1.84. The fourth-order valence-electron chi connectivity index (χ4n) is 3.86. The lowest BCUT2D eigenvalue weighted by atomic mass is 10.1. The first-order chi connectivity index (χ1) is 17.8. The molecule has 2 bridgehead atoms. The van der Waals surface area contributed by atoms with Crippen molar-refractivity contribution in [2.75, 3.05) is 13.2 Å². The number of allylic oxidation sites excluding steroid dienone is 2. The normalized spacial score (nSPS) is 17.2. The van der Waals surface area contributed by atoms with Crippen LogP contribution in [-0.2, 0) is 23.7 Å². The number of esters is 1. The number of hydrogen-bond acceptors (Lipinski definition) is 4. The third kappa shape index (κ3) is 8.56. The Labute approximate surface area is 216 Å². The molecule has 38 heavy (non-hydrogen) atoms. The molecule has 0 saturated heterocycles. The highest BCUT2D eigenvalue weighted by Crippen LogP contribution is 2.36. The number of alkyl halides is 6. The molecule has 206 valence electrons. The van der Waals surface area contributed by atoms with Crippen LogP contribution in [0.5, 0.6) is 11.5 Å². The van der Waals surface area contributed by atoms with Gasteiger partial charge in [-0.15, -0.1) is 0 Å². The maximum absolute atomic E-state index is 13.2. The number of ether oxygens (including phenoxy) is 3. The van der Waals surface area contributed by atoms with Crippen molar-refractivity contribution in [1.82, 2.24) is 0 Å². The largest absolute Gasteiger partial charge is 0.493 e. The molecule has 0 radical (unpaired) electrons. The average molecular weight is 543 g/mol. The molecule has 0 atom stereocenters. The minimum Gasteiger partial charge on any atom is -0.493 e. The van der Waals surface area contributed by atoms with Crippen LogP contribution in [0.4, 0.5) is 26.3 Å². The van der Waals surface area contributed by atoms with Crippen LogP contribution in [-0.4, -0.2) is 19.2 Å². The van der Waals surface area contributed by atoms with Crippen molar-refractivity contribution in [3.8, 4) is 11.5 Å². The maximum atomic E-state index is 13.2. The van der Waals surface area contributed by atoms with Gasteiger partial charge in [0.1, 0.15) is 30.3 Å². The van der Waals surface area contributed by atoms with Gasteiger partial charge in [-0.2, -0.15) is 26.3 Å². The van der Waals surface area contributed by atoms with E-state index in [4.69, 9.17) is 14.2 Å². The number of fused-ring (bicyclic) bond motifs is 12. The van der Waals surface area contributed by atoms with Crippen LogP contribution in [0.25, 0.3) is 0 Å². The third-order valence-electron chi connectivity index (χ3n) is 5.76. The molecule has 10 heteroatoms. The number of rotatable bonds is 3. The Bertz CT molecular complexity index is 1150. The summed E-state index contributed by atoms with van der Waals surface area (Å²) in [6.07, 6.45) is -3.64. The second-order valence-electron chi connectivity index (χ2n) is 9.10. The first-order valence-corrected chi connectivity index (χ1v) is 12.0. The molecule has 0 unspecified atom stereocenters. The van der Waals surface area contributed by atoms with Crippen LogP contribution in [0.2, 0.25) is 0 Å². The van der Waals surface area contributed by atoms with E-state index in [2.05, 4.69) is 6.58 Å². The van der Waals surface area contributed by atoms with Crippen LogP contribution in [0.15, 0.2) is 60.2 Å². The first kappa shape index (κ1) is 29.1. The summed E-state index contributed by atoms with van der Waals surface area (Å²) in [5, 5.41) is 0. The van der Waals surface area contributed by atoms with E-state index in [9.17, 15) is 31.1 Å². The van der Waals surface area contributed by atoms with Gasteiger partial charge in [-0.25, -0.2) is 4.79 Å². The molecule has 0 N–H and O–H groups in total. The minimum atomic E-state index is -5.01. The molecule has 0 aliphatic carbocycles. The van der Waals surface area contributed by atoms with Crippen molar-refractivity contribution in [3.63, 3.8) is 0 Å². The van der Waals surface area contributed by atoms with Gasteiger partial charge in [-0.05, 0) is 73.7 Å². The molecule has 4 nitrogen and oxygen atoms in total. The zero-order valence-corrected chi connectivity index (χ0v) is 20.8. The van der Waals surface area contributed by atoms with E-state index in [-0.39, 0.29) is 24.0 Å². The number of benzene rings is 2. The summed E-state index contributed by atoms with van der Waals surface area (Å²) >= 11 is 0. The summed E-state index contributed by atoms with van der Waals surface area (Å²) in [5.41, 5.74) is -1.59. The number of carbonyl (C=O) groups is 1. The summed E-state index contributed by atoms with van der Waals surface area (Å²) in [5.74, 6) is -0.485. The molecular formula is C28H28F6O4. The standard InChI is InChI=1S/C28H28F6O4/c1-18-7-5-3-4-6-10-36-25-9-8-23(37-16-19(2)11-18)15-24(25)26(35)38-17-20-12-21(27(29,30)31)14-22(13-20)28(32,33)34/h8-9,11-15H,1,3-7,10,16-17H2,2H3/b19-11-. The van der Waals surface area contributed by atoms with Gasteiger partial charge < -0.3 is 14.2 Å². The molecular weight excluding hydrogens is 514 g/mol. The van der Waals surface area contributed by atoms with E-state index in [0.29, 0.717) is 24.5 Å². The average Bonchev–Trinajstić information content (AvgIpc) is 2.84. The number of halogens is 6. The van der Waals surface area contributed by atoms with Gasteiger partial charge in [0.2, 0.25) is 0 Å². The summed E-state index contributed by atoms with van der Waals surface area (Å²) in [7, 11) is 0. The molecule has 0 spiro atoms. The predicted molar refractivity (Wildman–Crippen MR) is 129 cm³/mol. The second-order valence-corrected chi connectivity index (χ2v) is 9.10. The van der Waals surface area contributed by atoms with Crippen LogP contribution in [0, 0.1) is 0 Å². The fraction of sp³-hybridized carbons (Fsp3) is 0.393. The monoisotopic (exact) mass is 542 g/mol. The van der Waals surface area contributed by atoms with Gasteiger partial charge in [0.25, 0.3) is 0 Å². The Hall–Kier alpha value is -3.43. The van der Waals surface area contributed by atoms with Crippen molar-refractivity contribution < 1.29 is 45.3 Å². The quantitative estimate of drug-likeness (QED) is 0.289. The predicted octanol–water partition coefficient (Wildman–Crippen LogP) is 8.31. The molecule has 2 aromatic rings. The van der Waals surface area contributed by atoms with E-state index in [1.165, 1.54) is 12.1 Å². The molecule has 0 fully saturated rings. The highest BCUT2D eigenvalue weighted by molar-refractivity contribution is 5.93. The smallest absolute Gasteiger partial charge is 0.416 e. The summed E-state index contributed by atoms with van der Waals surface area (Å²) in [6.45, 7) is 5.66. The SMILES string of the molecule is C=C1/C=C(/C)COc2ccc(c(C(=O)OCc3cc(C(F)(F)F)cc(C(F)(F)F)c3)c2)OCCCCCC1. The fourth-order valence-corrected chi connectivity index (χ4v) is 3.86. The Morgan fingerprint density at radius 2 is 1.58 bits per heavy atom. The van der Waals surface area contributed by atoms with E-state index in [1.807, 2.05) is 13.0 Å². The summed E-state index contributed by atoms with van der Waals surface area (Å²) in [4.78, 5) is 12.9. The topological polar surface area (TPSA) is 44.8 Å². The lowest BCUT2D eigenvalue weighted by Crippen LogP contribution is -2.13. The molecule has 2 heterocycles. The first-order valence-electron chi connectivity index (χ1n) is 12.0. The van der Waals surface area contributed by atoms with Crippen molar-refractivity contribution in [1.29, 1.82) is 0 Å². The molecule has 0 aromatic heterocycles. The van der Waals surface area contributed by atoms with Gasteiger partial charge in [0, 0.05) is 0 Å². The minimum absolute atomic E-state index is 0.0167. The summed E-state index contributed by atoms with van der Waals surface area (Å²) < 4.78 is 95.6. The molecule has 0 amide bonds. The van der Waals surface area contributed by atoms with Crippen LogP contribution < -0.4 is 9.47 Å². The van der Waals surface area contributed by atoms with Crippen molar-refractivity contribution in [2.24, 2.45) is 0 Å². The highest BCUT2D eigenvalue weighted by atomic mass is 19.4. The van der Waals surface area contributed by atoms with Crippen molar-refractivity contribution >= 4 is 5.97 Å². The van der Waals surface area contributed by atoms with Crippen LogP contribution in [0.3, 0.4) is 0 Å². The molecule has 2 aliphatic heterocycles. The van der Waals surface area contributed by atoms with E-state index < -0.39 is 41.6 Å². The van der Waals surface area contributed by atoms with Gasteiger partial charge >= 0.3 is 18.3 Å². The van der Waals surface area contributed by atoms with Crippen molar-refractivity contribution in [2.45, 2.75) is 58.0 Å². The summed E-state index contributed by atoms with van der Waals surface area (Å²) in [6, 6.07) is 5.55. The Kier molecular flexibility index (Phi) is 9.51. The van der Waals surface area contributed by atoms with E-state index in [0.717, 1.165) is 43.3 Å². The van der Waals surface area contributed by atoms with E-state index >= 15 is 0 Å². The van der Waals surface area contributed by atoms with Gasteiger partial charge in [0.15, 0.2) is 0 Å². The van der Waals surface area contributed by atoms with Gasteiger partial charge in [-0.3, -0.25) is 0 Å². The second kappa shape index (κ2) is 12.4. The number of hydrogen-bond donors (Lipinski definition) is 0. The number of carbonyl (C=O) groups excluding carboxylic acids is 1. The molecule has 4 rings (SSSR count). The van der Waals surface area contributed by atoms with Crippen LogP contribution in [0.1, 0.15) is 66.1 Å². The maximum Gasteiger partial charge on any atom is 0.416 e. The van der Waals surface area contributed by atoms with Gasteiger partial charge in [-0.1, -0.05) is 31.1 Å². The Morgan fingerprint density at radius 3 is 2.24 bits per heavy atom. The third-order valence-corrected chi connectivity index (χ3v) is 5.76. The zero-order chi connectivity index (χ0) is 27.9. The molecule has 0 saturated carbocycles. The molecule has 2 aromatic carbocycles. The van der Waals surface area contributed by atoms with E-state index in [1.54, 1.807) is 6.07 Å². The Morgan fingerprint density at radius 1 is 0.921 bits per heavy atom. The van der Waals surface area contributed by atoms with Gasteiger partial charge in [0.05, 0.1) is 17.7 Å². The lowest BCUT2D eigenvalue weighted by molar-refractivity contribution is -0.143.